The molecule has 1 unspecified atom stereocenters. The highest BCUT2D eigenvalue weighted by Crippen LogP contribution is 2.27. The zero-order valence-electron chi connectivity index (χ0n) is 7.08. The van der Waals surface area contributed by atoms with E-state index in [1.807, 2.05) is 0 Å². The number of hydrogen-bond donors (Lipinski definition) is 1. The molecule has 0 aliphatic carbocycles. The molecule has 0 radical (unpaired) electrons. The molecule has 14 heavy (non-hydrogen) atoms. The number of rotatable bonds is 3. The number of alkyl halides is 3. The summed E-state index contributed by atoms with van der Waals surface area (Å²) in [5.74, 6) is -0.446. The van der Waals surface area contributed by atoms with E-state index in [-0.39, 0.29) is 0 Å². The summed E-state index contributed by atoms with van der Waals surface area (Å²) in [6.07, 6.45) is -6.87. The van der Waals surface area contributed by atoms with Crippen LogP contribution in [0.2, 0.25) is 0 Å². The second kappa shape index (κ2) is 4.45. The lowest BCUT2D eigenvalue weighted by Gasteiger charge is -2.12. The number of nitrogens with zero attached hydrogens (tertiary/aromatic N) is 2. The Morgan fingerprint density at radius 3 is 2.57 bits per heavy atom. The van der Waals surface area contributed by atoms with Crippen LogP contribution in [0.4, 0.5) is 13.2 Å². The predicted octanol–water partition coefficient (Wildman–Crippen LogP) is 1.86. The lowest BCUT2D eigenvalue weighted by atomic mass is 10.4. The molecule has 8 heteroatoms. The number of aliphatic hydroxyl groups is 1. The van der Waals surface area contributed by atoms with Crippen molar-refractivity contribution in [2.75, 3.05) is 5.75 Å². The SMILES string of the molecule is Cc1nnc(SCC(O)C(F)(F)F)s1. The van der Waals surface area contributed by atoms with Crippen LogP contribution < -0.4 is 0 Å². The van der Waals surface area contributed by atoms with Crippen LogP contribution in [-0.2, 0) is 0 Å². The van der Waals surface area contributed by atoms with Crippen molar-refractivity contribution in [1.29, 1.82) is 0 Å². The second-order valence-corrected chi connectivity index (χ2v) is 4.90. The minimum atomic E-state index is -4.56. The molecule has 1 aromatic rings. The van der Waals surface area contributed by atoms with Crippen molar-refractivity contribution in [1.82, 2.24) is 10.2 Å². The van der Waals surface area contributed by atoms with Crippen LogP contribution in [0.3, 0.4) is 0 Å². The van der Waals surface area contributed by atoms with Crippen LogP contribution >= 0.6 is 23.1 Å². The highest BCUT2D eigenvalue weighted by atomic mass is 32.2. The van der Waals surface area contributed by atoms with Gasteiger partial charge in [-0.15, -0.1) is 10.2 Å². The van der Waals surface area contributed by atoms with Gasteiger partial charge < -0.3 is 5.11 Å². The number of aromatic nitrogens is 2. The summed E-state index contributed by atoms with van der Waals surface area (Å²) < 4.78 is 36.0. The van der Waals surface area contributed by atoms with E-state index in [0.29, 0.717) is 9.35 Å². The molecule has 1 aromatic heterocycles. The van der Waals surface area contributed by atoms with Crippen molar-refractivity contribution in [2.45, 2.75) is 23.5 Å². The third-order valence-corrected chi connectivity index (χ3v) is 3.30. The Hall–Kier alpha value is -0.340. The first-order valence-corrected chi connectivity index (χ1v) is 5.37. The van der Waals surface area contributed by atoms with Crippen LogP contribution in [0.15, 0.2) is 4.34 Å². The third-order valence-electron chi connectivity index (χ3n) is 1.25. The summed E-state index contributed by atoms with van der Waals surface area (Å²) in [5, 5.41) is 16.6. The monoisotopic (exact) mass is 244 g/mol. The smallest absolute Gasteiger partial charge is 0.383 e. The summed E-state index contributed by atoms with van der Waals surface area (Å²) in [6, 6.07) is 0. The van der Waals surface area contributed by atoms with E-state index in [0.717, 1.165) is 11.8 Å². The fourth-order valence-electron chi connectivity index (χ4n) is 0.581. The van der Waals surface area contributed by atoms with Crippen molar-refractivity contribution in [3.05, 3.63) is 5.01 Å². The molecular formula is C6H7F3N2OS2. The van der Waals surface area contributed by atoms with Gasteiger partial charge in [-0.2, -0.15) is 13.2 Å². The van der Waals surface area contributed by atoms with Crippen LogP contribution in [-0.4, -0.2) is 33.3 Å². The Labute approximate surface area is 86.4 Å². The standard InChI is InChI=1S/C6H7F3N2OS2/c1-3-10-11-5(14-3)13-2-4(12)6(7,8)9/h4,12H,2H2,1H3. The molecular weight excluding hydrogens is 237 g/mol. The average Bonchev–Trinajstić information content (AvgIpc) is 2.45. The molecule has 0 saturated carbocycles. The number of hydrogen-bond acceptors (Lipinski definition) is 5. The maximum absolute atomic E-state index is 11.9. The largest absolute Gasteiger partial charge is 0.415 e. The van der Waals surface area contributed by atoms with Crippen LogP contribution in [0, 0.1) is 6.92 Å². The second-order valence-electron chi connectivity index (χ2n) is 2.46. The van der Waals surface area contributed by atoms with Crippen molar-refractivity contribution in [2.24, 2.45) is 0 Å². The maximum Gasteiger partial charge on any atom is 0.415 e. The molecule has 0 aliphatic heterocycles. The van der Waals surface area contributed by atoms with Gasteiger partial charge in [0.25, 0.3) is 0 Å². The van der Waals surface area contributed by atoms with Crippen LogP contribution in [0.1, 0.15) is 5.01 Å². The average molecular weight is 244 g/mol. The Balaban J connectivity index is 2.41. The van der Waals surface area contributed by atoms with Gasteiger partial charge in [0.15, 0.2) is 10.4 Å². The fourth-order valence-corrected chi connectivity index (χ4v) is 2.39. The van der Waals surface area contributed by atoms with Gasteiger partial charge in [-0.1, -0.05) is 23.1 Å². The molecule has 1 heterocycles. The van der Waals surface area contributed by atoms with Crippen molar-refractivity contribution < 1.29 is 18.3 Å². The molecule has 3 nitrogen and oxygen atoms in total. The van der Waals surface area contributed by atoms with E-state index in [4.69, 9.17) is 5.11 Å². The number of aliphatic hydroxyl groups excluding tert-OH is 1. The first kappa shape index (κ1) is 11.7. The van der Waals surface area contributed by atoms with Gasteiger partial charge in [0.1, 0.15) is 5.01 Å². The van der Waals surface area contributed by atoms with Crippen LogP contribution in [0.25, 0.3) is 0 Å². The van der Waals surface area contributed by atoms with Gasteiger partial charge >= 0.3 is 6.18 Å². The lowest BCUT2D eigenvalue weighted by Crippen LogP contribution is -2.30. The highest BCUT2D eigenvalue weighted by Gasteiger charge is 2.38. The lowest BCUT2D eigenvalue weighted by molar-refractivity contribution is -0.195. The van der Waals surface area contributed by atoms with Gasteiger partial charge in [-0.05, 0) is 6.92 Å². The Morgan fingerprint density at radius 1 is 1.50 bits per heavy atom. The van der Waals surface area contributed by atoms with Gasteiger partial charge in [0.2, 0.25) is 0 Å². The molecule has 0 amide bonds. The number of aryl methyl sites for hydroxylation is 1. The minimum Gasteiger partial charge on any atom is -0.383 e. The van der Waals surface area contributed by atoms with Gasteiger partial charge in [0, 0.05) is 5.75 Å². The summed E-state index contributed by atoms with van der Waals surface area (Å²) in [5.41, 5.74) is 0. The first-order valence-electron chi connectivity index (χ1n) is 3.57. The van der Waals surface area contributed by atoms with E-state index in [1.165, 1.54) is 11.3 Å². The molecule has 1 rings (SSSR count). The summed E-state index contributed by atoms with van der Waals surface area (Å²) in [7, 11) is 0. The molecule has 0 saturated heterocycles. The summed E-state index contributed by atoms with van der Waals surface area (Å²) in [6.45, 7) is 1.71. The number of thioether (sulfide) groups is 1. The van der Waals surface area contributed by atoms with Crippen molar-refractivity contribution in [3.63, 3.8) is 0 Å². The fraction of sp³-hybridized carbons (Fsp3) is 0.667. The molecule has 0 aliphatic rings. The van der Waals surface area contributed by atoms with E-state index >= 15 is 0 Å². The van der Waals surface area contributed by atoms with Gasteiger partial charge in [0.05, 0.1) is 0 Å². The normalized spacial score (nSPS) is 14.4. The van der Waals surface area contributed by atoms with Gasteiger partial charge in [-0.3, -0.25) is 0 Å². The van der Waals surface area contributed by atoms with E-state index in [1.54, 1.807) is 6.92 Å². The highest BCUT2D eigenvalue weighted by molar-refractivity contribution is 8.01. The molecule has 0 aromatic carbocycles. The predicted molar refractivity (Wildman–Crippen MR) is 47.4 cm³/mol. The van der Waals surface area contributed by atoms with Crippen molar-refractivity contribution >= 4 is 23.1 Å². The Morgan fingerprint density at radius 2 is 2.14 bits per heavy atom. The first-order chi connectivity index (χ1) is 6.39. The zero-order chi connectivity index (χ0) is 10.8. The summed E-state index contributed by atoms with van der Waals surface area (Å²) >= 11 is 2.05. The molecule has 80 valence electrons. The Bertz CT molecular complexity index is 302. The molecule has 0 spiro atoms. The quantitative estimate of drug-likeness (QED) is 0.824. The Kier molecular flexibility index (Phi) is 3.73. The minimum absolute atomic E-state index is 0.436. The van der Waals surface area contributed by atoms with Crippen LogP contribution in [0.5, 0.6) is 0 Å². The van der Waals surface area contributed by atoms with Crippen molar-refractivity contribution in [3.8, 4) is 0 Å². The maximum atomic E-state index is 11.9. The van der Waals surface area contributed by atoms with E-state index in [2.05, 4.69) is 10.2 Å². The van der Waals surface area contributed by atoms with E-state index < -0.39 is 18.0 Å². The molecule has 1 atom stereocenters. The molecule has 1 N–H and O–H groups in total. The molecule has 0 bridgehead atoms. The molecule has 0 fully saturated rings. The van der Waals surface area contributed by atoms with Gasteiger partial charge in [-0.25, -0.2) is 0 Å². The van der Waals surface area contributed by atoms with E-state index in [9.17, 15) is 13.2 Å². The topological polar surface area (TPSA) is 46.0 Å². The number of halogens is 3. The zero-order valence-corrected chi connectivity index (χ0v) is 8.71. The third kappa shape index (κ3) is 3.43. The summed E-state index contributed by atoms with van der Waals surface area (Å²) in [4.78, 5) is 0.